The maximum Gasteiger partial charge on any atom is 0.194 e. The zero-order chi connectivity index (χ0) is 25.5. The molecule has 36 heavy (non-hydrogen) atoms. The summed E-state index contributed by atoms with van der Waals surface area (Å²) in [7, 11) is 0. The molecule has 1 nitrogen and oxygen atoms in total. The standard InChI is InChI=1S/C31H31F4N/c1-2-3-4-5-6-22-9-15-26(36-20-22)14-8-21-10-16-27-25(17-21)13-12-24(30(27)34)11-7-23-18-28(32)31(35)29(33)19-23/h9-10,12-13,15-20H,2-8,11,14H2,1H3. The van der Waals surface area contributed by atoms with E-state index in [1.807, 2.05) is 24.4 Å². The van der Waals surface area contributed by atoms with Crippen molar-refractivity contribution in [2.45, 2.75) is 64.7 Å². The first-order valence-electron chi connectivity index (χ1n) is 12.7. The van der Waals surface area contributed by atoms with E-state index in [1.54, 1.807) is 12.1 Å². The molecule has 0 saturated heterocycles. The van der Waals surface area contributed by atoms with Crippen LogP contribution >= 0.6 is 0 Å². The number of halogens is 4. The topological polar surface area (TPSA) is 12.9 Å². The van der Waals surface area contributed by atoms with Crippen LogP contribution in [0.3, 0.4) is 0 Å². The van der Waals surface area contributed by atoms with Gasteiger partial charge in [0.1, 0.15) is 5.82 Å². The second-order valence-electron chi connectivity index (χ2n) is 9.44. The summed E-state index contributed by atoms with van der Waals surface area (Å²) in [5, 5.41) is 1.32. The Morgan fingerprint density at radius 3 is 2.08 bits per heavy atom. The highest BCUT2D eigenvalue weighted by Crippen LogP contribution is 2.25. The quantitative estimate of drug-likeness (QED) is 0.116. The van der Waals surface area contributed by atoms with E-state index in [0.29, 0.717) is 16.5 Å². The normalized spacial score (nSPS) is 11.4. The highest BCUT2D eigenvalue weighted by atomic mass is 19.2. The molecule has 0 bridgehead atoms. The first-order chi connectivity index (χ1) is 17.4. The summed E-state index contributed by atoms with van der Waals surface area (Å²) in [6, 6.07) is 15.5. The van der Waals surface area contributed by atoms with Gasteiger partial charge in [-0.05, 0) is 84.4 Å². The van der Waals surface area contributed by atoms with Crippen LogP contribution in [0.1, 0.15) is 60.6 Å². The van der Waals surface area contributed by atoms with Crippen molar-refractivity contribution in [3.05, 3.63) is 112 Å². The average Bonchev–Trinajstić information content (AvgIpc) is 2.88. The van der Waals surface area contributed by atoms with Gasteiger partial charge in [0.2, 0.25) is 0 Å². The van der Waals surface area contributed by atoms with Crippen molar-refractivity contribution in [3.63, 3.8) is 0 Å². The molecule has 4 rings (SSSR count). The fourth-order valence-electron chi connectivity index (χ4n) is 4.55. The van der Waals surface area contributed by atoms with Crippen molar-refractivity contribution in [2.75, 3.05) is 0 Å². The fraction of sp³-hybridized carbons (Fsp3) is 0.323. The number of benzene rings is 3. The number of hydrogen-bond acceptors (Lipinski definition) is 1. The number of unbranched alkanes of at least 4 members (excludes halogenated alkanes) is 3. The van der Waals surface area contributed by atoms with Crippen LogP contribution in [0.2, 0.25) is 0 Å². The highest BCUT2D eigenvalue weighted by Gasteiger charge is 2.13. The molecule has 1 heterocycles. The molecule has 0 aliphatic carbocycles. The van der Waals surface area contributed by atoms with Gasteiger partial charge >= 0.3 is 0 Å². The van der Waals surface area contributed by atoms with E-state index < -0.39 is 17.5 Å². The molecule has 188 valence electrons. The average molecular weight is 494 g/mol. The third-order valence-corrected chi connectivity index (χ3v) is 6.70. The number of nitrogens with zero attached hydrogens (tertiary/aromatic N) is 1. The molecule has 1 aromatic heterocycles. The van der Waals surface area contributed by atoms with Crippen LogP contribution in [0.25, 0.3) is 10.8 Å². The van der Waals surface area contributed by atoms with Gasteiger partial charge in [-0.3, -0.25) is 4.98 Å². The zero-order valence-electron chi connectivity index (χ0n) is 20.6. The maximum atomic E-state index is 15.1. The third kappa shape index (κ3) is 6.51. The molecule has 0 spiro atoms. The summed E-state index contributed by atoms with van der Waals surface area (Å²) in [5.41, 5.74) is 4.18. The summed E-state index contributed by atoms with van der Waals surface area (Å²) in [5.74, 6) is -4.29. The molecule has 4 aromatic rings. The minimum absolute atomic E-state index is 0.208. The van der Waals surface area contributed by atoms with E-state index in [-0.39, 0.29) is 18.7 Å². The van der Waals surface area contributed by atoms with E-state index in [4.69, 9.17) is 0 Å². The van der Waals surface area contributed by atoms with Crippen molar-refractivity contribution in [1.82, 2.24) is 4.98 Å². The second-order valence-corrected chi connectivity index (χ2v) is 9.44. The summed E-state index contributed by atoms with van der Waals surface area (Å²) in [4.78, 5) is 4.61. The highest BCUT2D eigenvalue weighted by molar-refractivity contribution is 5.84. The van der Waals surface area contributed by atoms with Crippen LogP contribution < -0.4 is 0 Å². The van der Waals surface area contributed by atoms with E-state index in [1.165, 1.54) is 31.2 Å². The van der Waals surface area contributed by atoms with Gasteiger partial charge in [0.15, 0.2) is 17.5 Å². The van der Waals surface area contributed by atoms with Crippen LogP contribution in [0.5, 0.6) is 0 Å². The lowest BCUT2D eigenvalue weighted by molar-refractivity contribution is 0.445. The molecular weight excluding hydrogens is 462 g/mol. The molecule has 0 saturated carbocycles. The van der Waals surface area contributed by atoms with Crippen molar-refractivity contribution in [2.24, 2.45) is 0 Å². The Morgan fingerprint density at radius 2 is 1.36 bits per heavy atom. The van der Waals surface area contributed by atoms with E-state index >= 15 is 4.39 Å². The molecule has 0 radical (unpaired) electrons. The van der Waals surface area contributed by atoms with Crippen molar-refractivity contribution < 1.29 is 17.6 Å². The van der Waals surface area contributed by atoms with Crippen molar-refractivity contribution >= 4 is 10.8 Å². The van der Waals surface area contributed by atoms with Gasteiger partial charge in [-0.25, -0.2) is 17.6 Å². The summed E-state index contributed by atoms with van der Waals surface area (Å²) in [6.45, 7) is 2.21. The van der Waals surface area contributed by atoms with E-state index in [0.717, 1.165) is 48.0 Å². The lowest BCUT2D eigenvalue weighted by Gasteiger charge is -2.10. The van der Waals surface area contributed by atoms with E-state index in [9.17, 15) is 13.2 Å². The predicted molar refractivity (Wildman–Crippen MR) is 137 cm³/mol. The Bertz CT molecular complexity index is 1290. The van der Waals surface area contributed by atoms with Gasteiger partial charge < -0.3 is 0 Å². The van der Waals surface area contributed by atoms with Gasteiger partial charge in [0.05, 0.1) is 0 Å². The smallest absolute Gasteiger partial charge is 0.194 e. The second kappa shape index (κ2) is 12.2. The Labute approximate surface area is 210 Å². The largest absolute Gasteiger partial charge is 0.261 e. The minimum Gasteiger partial charge on any atom is -0.261 e. The first-order valence-corrected chi connectivity index (χ1v) is 12.7. The SMILES string of the molecule is CCCCCCc1ccc(CCc2ccc3c(F)c(CCc4cc(F)c(F)c(F)c4)ccc3c2)nc1. The molecular formula is C31H31F4N. The van der Waals surface area contributed by atoms with Crippen LogP contribution in [0.15, 0.2) is 60.8 Å². The molecule has 0 fully saturated rings. The van der Waals surface area contributed by atoms with Crippen molar-refractivity contribution in [1.29, 1.82) is 0 Å². The Balaban J connectivity index is 1.37. The van der Waals surface area contributed by atoms with Crippen LogP contribution in [-0.4, -0.2) is 4.98 Å². The fourth-order valence-corrected chi connectivity index (χ4v) is 4.55. The number of pyridine rings is 1. The number of aryl methyl sites for hydroxylation is 5. The van der Waals surface area contributed by atoms with E-state index in [2.05, 4.69) is 24.0 Å². The molecule has 0 atom stereocenters. The van der Waals surface area contributed by atoms with Gasteiger partial charge in [0, 0.05) is 17.3 Å². The first kappa shape index (κ1) is 25.9. The van der Waals surface area contributed by atoms with Gasteiger partial charge in [0.25, 0.3) is 0 Å². The lowest BCUT2D eigenvalue weighted by atomic mass is 9.97. The third-order valence-electron chi connectivity index (χ3n) is 6.70. The molecule has 0 aliphatic heterocycles. The van der Waals surface area contributed by atoms with Crippen LogP contribution in [0, 0.1) is 23.3 Å². The zero-order valence-corrected chi connectivity index (χ0v) is 20.6. The predicted octanol–water partition coefficient (Wildman–Crippen LogP) is 8.48. The summed E-state index contributed by atoms with van der Waals surface area (Å²) >= 11 is 0. The Morgan fingerprint density at radius 1 is 0.611 bits per heavy atom. The van der Waals surface area contributed by atoms with Gasteiger partial charge in [-0.2, -0.15) is 0 Å². The molecule has 0 amide bonds. The number of rotatable bonds is 11. The van der Waals surface area contributed by atoms with Crippen LogP contribution in [0.4, 0.5) is 17.6 Å². The number of aromatic nitrogens is 1. The van der Waals surface area contributed by atoms with Gasteiger partial charge in [-0.1, -0.05) is 62.6 Å². The molecule has 5 heteroatoms. The molecule has 0 aliphatic rings. The lowest BCUT2D eigenvalue weighted by Crippen LogP contribution is -2.00. The summed E-state index contributed by atoms with van der Waals surface area (Å²) in [6.07, 6.45) is 10.1. The monoisotopic (exact) mass is 493 g/mol. The van der Waals surface area contributed by atoms with Gasteiger partial charge in [-0.15, -0.1) is 0 Å². The maximum absolute atomic E-state index is 15.1. The summed E-state index contributed by atoms with van der Waals surface area (Å²) < 4.78 is 55.2. The number of hydrogen-bond donors (Lipinski definition) is 0. The Kier molecular flexibility index (Phi) is 8.74. The molecule has 0 N–H and O–H groups in total. The van der Waals surface area contributed by atoms with Crippen molar-refractivity contribution in [3.8, 4) is 0 Å². The minimum atomic E-state index is -1.49. The molecule has 0 unspecified atom stereocenters. The van der Waals surface area contributed by atoms with Crippen LogP contribution in [-0.2, 0) is 32.1 Å². The Hall–Kier alpha value is -3.21. The molecule has 3 aromatic carbocycles. The number of fused-ring (bicyclic) bond motifs is 1.